The SMILES string of the molecule is CCN(CC)CCN(C(=O)Cn1nnc2ccccc21)c1nc2c(C)c(C)ccc2s1. The van der Waals surface area contributed by atoms with Gasteiger partial charge in [-0.15, -0.1) is 5.10 Å². The molecule has 0 N–H and O–H groups in total. The van der Waals surface area contributed by atoms with Crippen molar-refractivity contribution < 1.29 is 4.79 Å². The first-order valence-corrected chi connectivity index (χ1v) is 11.5. The fourth-order valence-electron chi connectivity index (χ4n) is 3.69. The van der Waals surface area contributed by atoms with Crippen molar-refractivity contribution in [1.82, 2.24) is 24.9 Å². The number of aryl methyl sites for hydroxylation is 2. The number of nitrogens with zero attached hydrogens (tertiary/aromatic N) is 6. The smallest absolute Gasteiger partial charge is 0.250 e. The lowest BCUT2D eigenvalue weighted by atomic mass is 10.1. The van der Waals surface area contributed by atoms with Gasteiger partial charge in [-0.25, -0.2) is 9.67 Å². The van der Waals surface area contributed by atoms with E-state index in [0.717, 1.165) is 46.0 Å². The van der Waals surface area contributed by atoms with Gasteiger partial charge >= 0.3 is 0 Å². The van der Waals surface area contributed by atoms with Gasteiger partial charge in [0, 0.05) is 13.1 Å². The van der Waals surface area contributed by atoms with E-state index >= 15 is 0 Å². The third kappa shape index (κ3) is 4.31. The van der Waals surface area contributed by atoms with Crippen LogP contribution in [0.5, 0.6) is 0 Å². The highest BCUT2D eigenvalue weighted by atomic mass is 32.1. The minimum absolute atomic E-state index is 0.0313. The van der Waals surface area contributed by atoms with E-state index in [-0.39, 0.29) is 12.5 Å². The van der Waals surface area contributed by atoms with Gasteiger partial charge in [0.15, 0.2) is 5.13 Å². The molecular formula is C23H28N6OS. The molecule has 0 saturated carbocycles. The van der Waals surface area contributed by atoms with Gasteiger partial charge in [-0.2, -0.15) is 0 Å². The number of amides is 1. The fourth-order valence-corrected chi connectivity index (χ4v) is 4.75. The van der Waals surface area contributed by atoms with Crippen molar-refractivity contribution in [2.24, 2.45) is 0 Å². The summed E-state index contributed by atoms with van der Waals surface area (Å²) in [5.74, 6) is -0.0313. The summed E-state index contributed by atoms with van der Waals surface area (Å²) in [5.41, 5.74) is 5.00. The second kappa shape index (κ2) is 9.11. The lowest BCUT2D eigenvalue weighted by molar-refractivity contribution is -0.119. The summed E-state index contributed by atoms with van der Waals surface area (Å²) in [5, 5.41) is 9.12. The molecule has 0 aliphatic heterocycles. The Hall–Kier alpha value is -2.84. The van der Waals surface area contributed by atoms with Crippen molar-refractivity contribution >= 4 is 43.6 Å². The second-order valence-corrected chi connectivity index (χ2v) is 8.67. The van der Waals surface area contributed by atoms with Gasteiger partial charge in [-0.1, -0.05) is 48.6 Å². The molecule has 2 aromatic heterocycles. The van der Waals surface area contributed by atoms with E-state index < -0.39 is 0 Å². The van der Waals surface area contributed by atoms with Gasteiger partial charge in [0.2, 0.25) is 0 Å². The monoisotopic (exact) mass is 436 g/mol. The Bertz CT molecular complexity index is 1210. The maximum absolute atomic E-state index is 13.5. The molecule has 0 radical (unpaired) electrons. The molecule has 4 rings (SSSR count). The normalized spacial score (nSPS) is 11.6. The summed E-state index contributed by atoms with van der Waals surface area (Å²) in [6.45, 7) is 11.9. The Morgan fingerprint density at radius 1 is 1.06 bits per heavy atom. The zero-order valence-corrected chi connectivity index (χ0v) is 19.3. The zero-order valence-electron chi connectivity index (χ0n) is 18.5. The number of fused-ring (bicyclic) bond motifs is 2. The minimum atomic E-state index is -0.0313. The summed E-state index contributed by atoms with van der Waals surface area (Å²) in [6, 6.07) is 11.9. The minimum Gasteiger partial charge on any atom is -0.302 e. The molecular weight excluding hydrogens is 408 g/mol. The van der Waals surface area contributed by atoms with E-state index in [1.807, 2.05) is 29.2 Å². The van der Waals surface area contributed by atoms with E-state index in [0.29, 0.717) is 6.54 Å². The Morgan fingerprint density at radius 2 is 1.84 bits per heavy atom. The Kier molecular flexibility index (Phi) is 6.29. The van der Waals surface area contributed by atoms with Gasteiger partial charge in [0.1, 0.15) is 12.1 Å². The van der Waals surface area contributed by atoms with Crippen LogP contribution in [-0.4, -0.2) is 57.0 Å². The van der Waals surface area contributed by atoms with Gasteiger partial charge in [-0.05, 0) is 56.3 Å². The molecule has 31 heavy (non-hydrogen) atoms. The first-order valence-electron chi connectivity index (χ1n) is 10.7. The van der Waals surface area contributed by atoms with E-state index in [1.54, 1.807) is 16.0 Å². The highest BCUT2D eigenvalue weighted by molar-refractivity contribution is 7.22. The molecule has 0 bridgehead atoms. The zero-order chi connectivity index (χ0) is 22.0. The highest BCUT2D eigenvalue weighted by Crippen LogP contribution is 2.32. The number of rotatable bonds is 8. The molecule has 8 heteroatoms. The molecule has 0 unspecified atom stereocenters. The van der Waals surface area contributed by atoms with Crippen molar-refractivity contribution in [3.05, 3.63) is 47.5 Å². The van der Waals surface area contributed by atoms with E-state index in [4.69, 9.17) is 4.98 Å². The molecule has 0 spiro atoms. The Morgan fingerprint density at radius 3 is 2.61 bits per heavy atom. The molecule has 7 nitrogen and oxygen atoms in total. The predicted molar refractivity (Wildman–Crippen MR) is 127 cm³/mol. The van der Waals surface area contributed by atoms with Gasteiger partial charge in [0.05, 0.1) is 15.7 Å². The van der Waals surface area contributed by atoms with Crippen LogP contribution in [0.3, 0.4) is 0 Å². The number of carbonyl (C=O) groups is 1. The van der Waals surface area contributed by atoms with Crippen LogP contribution in [0, 0.1) is 13.8 Å². The molecule has 0 aliphatic carbocycles. The predicted octanol–water partition coefficient (Wildman–Crippen LogP) is 4.03. The maximum Gasteiger partial charge on any atom is 0.250 e. The molecule has 0 aliphatic rings. The third-order valence-electron chi connectivity index (χ3n) is 5.84. The first-order chi connectivity index (χ1) is 15.0. The van der Waals surface area contributed by atoms with Crippen molar-refractivity contribution in [2.75, 3.05) is 31.1 Å². The third-order valence-corrected chi connectivity index (χ3v) is 6.89. The Labute approximate surface area is 186 Å². The summed E-state index contributed by atoms with van der Waals surface area (Å²) in [7, 11) is 0. The molecule has 2 heterocycles. The number of carbonyl (C=O) groups excluding carboxylic acids is 1. The summed E-state index contributed by atoms with van der Waals surface area (Å²) < 4.78 is 2.77. The maximum atomic E-state index is 13.5. The van der Waals surface area contributed by atoms with Crippen molar-refractivity contribution in [2.45, 2.75) is 34.2 Å². The van der Waals surface area contributed by atoms with Gasteiger partial charge in [-0.3, -0.25) is 9.69 Å². The van der Waals surface area contributed by atoms with Crippen molar-refractivity contribution in [1.29, 1.82) is 0 Å². The number of aromatic nitrogens is 4. The van der Waals surface area contributed by atoms with E-state index in [1.165, 1.54) is 11.1 Å². The Balaban J connectivity index is 1.66. The van der Waals surface area contributed by atoms with Crippen LogP contribution in [0.4, 0.5) is 5.13 Å². The van der Waals surface area contributed by atoms with Gasteiger partial charge < -0.3 is 4.90 Å². The summed E-state index contributed by atoms with van der Waals surface area (Å²) in [6.07, 6.45) is 0. The van der Waals surface area contributed by atoms with E-state index in [9.17, 15) is 4.79 Å². The highest BCUT2D eigenvalue weighted by Gasteiger charge is 2.22. The average Bonchev–Trinajstić information content (AvgIpc) is 3.39. The first kappa shape index (κ1) is 21.4. The number of benzene rings is 2. The molecule has 0 atom stereocenters. The van der Waals surface area contributed by atoms with E-state index in [2.05, 4.69) is 55.0 Å². The largest absolute Gasteiger partial charge is 0.302 e. The molecule has 4 aromatic rings. The molecule has 1 amide bonds. The lowest BCUT2D eigenvalue weighted by Crippen LogP contribution is -2.40. The van der Waals surface area contributed by atoms with Gasteiger partial charge in [0.25, 0.3) is 5.91 Å². The number of hydrogen-bond acceptors (Lipinski definition) is 6. The summed E-state index contributed by atoms with van der Waals surface area (Å²) >= 11 is 1.57. The number of thiazole rings is 1. The summed E-state index contributed by atoms with van der Waals surface area (Å²) in [4.78, 5) is 22.5. The quantitative estimate of drug-likeness (QED) is 0.417. The number of para-hydroxylation sites is 1. The van der Waals surface area contributed by atoms with Crippen LogP contribution in [0.25, 0.3) is 21.3 Å². The van der Waals surface area contributed by atoms with Crippen LogP contribution in [0.2, 0.25) is 0 Å². The molecule has 2 aromatic carbocycles. The van der Waals surface area contributed by atoms with Crippen molar-refractivity contribution in [3.8, 4) is 0 Å². The van der Waals surface area contributed by atoms with Crippen LogP contribution >= 0.6 is 11.3 Å². The number of anilines is 1. The van der Waals surface area contributed by atoms with Crippen LogP contribution in [-0.2, 0) is 11.3 Å². The standard InChI is InChI=1S/C23H28N6OS/c1-5-27(6-2)13-14-28(23-24-22-17(4)16(3)11-12-20(22)31-23)21(30)15-29-19-10-8-7-9-18(19)25-26-29/h7-12H,5-6,13-15H2,1-4H3. The van der Waals surface area contributed by atoms with Crippen LogP contribution < -0.4 is 4.90 Å². The van der Waals surface area contributed by atoms with Crippen LogP contribution in [0.1, 0.15) is 25.0 Å². The average molecular weight is 437 g/mol. The topological polar surface area (TPSA) is 67.2 Å². The molecule has 162 valence electrons. The number of likely N-dealkylation sites (N-methyl/N-ethyl adjacent to an activating group) is 1. The molecule has 0 fully saturated rings. The second-order valence-electron chi connectivity index (χ2n) is 7.66. The fraction of sp³-hybridized carbons (Fsp3) is 0.391. The van der Waals surface area contributed by atoms with Crippen LogP contribution in [0.15, 0.2) is 36.4 Å². The lowest BCUT2D eigenvalue weighted by Gasteiger charge is -2.24. The number of hydrogen-bond donors (Lipinski definition) is 0. The molecule has 0 saturated heterocycles. The van der Waals surface area contributed by atoms with Crippen molar-refractivity contribution in [3.63, 3.8) is 0 Å².